The van der Waals surface area contributed by atoms with E-state index in [4.69, 9.17) is 19.2 Å². The number of likely N-dealkylation sites (tertiary alicyclic amines) is 1. The van der Waals surface area contributed by atoms with Crippen LogP contribution in [0.4, 0.5) is 5.82 Å². The van der Waals surface area contributed by atoms with Gasteiger partial charge in [-0.3, -0.25) is 4.90 Å². The average Bonchev–Trinajstić information content (AvgIpc) is 3.53. The van der Waals surface area contributed by atoms with E-state index in [9.17, 15) is 0 Å². The molecule has 1 atom stereocenters. The lowest BCUT2D eigenvalue weighted by Crippen LogP contribution is -2.26. The first-order valence-electron chi connectivity index (χ1n) is 11.4. The van der Waals surface area contributed by atoms with E-state index in [1.807, 2.05) is 28.9 Å². The van der Waals surface area contributed by atoms with Gasteiger partial charge < -0.3 is 23.9 Å². The average molecular weight is 460 g/mol. The van der Waals surface area contributed by atoms with Gasteiger partial charge in [-0.25, -0.2) is 9.97 Å². The molecule has 2 aromatic carbocycles. The summed E-state index contributed by atoms with van der Waals surface area (Å²) in [6.07, 6.45) is 6.73. The van der Waals surface area contributed by atoms with Crippen molar-refractivity contribution in [3.05, 3.63) is 66.6 Å². The first-order valence-corrected chi connectivity index (χ1v) is 11.4. The van der Waals surface area contributed by atoms with Gasteiger partial charge in [0, 0.05) is 49.8 Å². The predicted octanol–water partition coefficient (Wildman–Crippen LogP) is 4.11. The third kappa shape index (κ3) is 4.36. The van der Waals surface area contributed by atoms with Crippen molar-refractivity contribution in [3.63, 3.8) is 0 Å². The van der Waals surface area contributed by atoms with E-state index >= 15 is 0 Å². The number of hydrogen-bond donors (Lipinski definition) is 1. The Morgan fingerprint density at radius 3 is 2.50 bits per heavy atom. The Labute approximate surface area is 199 Å². The lowest BCUT2D eigenvalue weighted by Gasteiger charge is -2.18. The quantitative estimate of drug-likeness (QED) is 0.425. The van der Waals surface area contributed by atoms with Gasteiger partial charge in [0.05, 0.1) is 27.0 Å². The van der Waals surface area contributed by atoms with Crippen molar-refractivity contribution in [1.82, 2.24) is 19.3 Å². The molecule has 1 aliphatic heterocycles. The van der Waals surface area contributed by atoms with Crippen LogP contribution in [0.1, 0.15) is 12.0 Å². The largest absolute Gasteiger partial charge is 0.493 e. The number of ether oxygens (including phenoxy) is 3. The first kappa shape index (κ1) is 22.0. The normalized spacial score (nSPS) is 16.0. The molecule has 2 aromatic heterocycles. The number of benzene rings is 2. The molecule has 0 saturated carbocycles. The number of nitrogens with zero attached hydrogens (tertiary/aromatic N) is 4. The van der Waals surface area contributed by atoms with Crippen molar-refractivity contribution in [1.29, 1.82) is 0 Å². The van der Waals surface area contributed by atoms with Gasteiger partial charge in [-0.1, -0.05) is 30.3 Å². The zero-order valence-corrected chi connectivity index (χ0v) is 19.7. The second-order valence-electron chi connectivity index (χ2n) is 8.40. The Bertz CT molecular complexity index is 1250. The Kier molecular flexibility index (Phi) is 6.22. The van der Waals surface area contributed by atoms with Crippen LogP contribution >= 0.6 is 0 Å². The minimum absolute atomic E-state index is 0.298. The maximum absolute atomic E-state index is 5.54. The molecule has 0 unspecified atom stereocenters. The van der Waals surface area contributed by atoms with Gasteiger partial charge in [0.2, 0.25) is 5.75 Å². The maximum Gasteiger partial charge on any atom is 0.203 e. The fourth-order valence-electron chi connectivity index (χ4n) is 4.53. The summed E-state index contributed by atoms with van der Waals surface area (Å²) in [5.41, 5.74) is 3.79. The molecule has 1 aliphatic rings. The smallest absolute Gasteiger partial charge is 0.203 e. The van der Waals surface area contributed by atoms with E-state index in [-0.39, 0.29) is 0 Å². The Morgan fingerprint density at radius 1 is 1.03 bits per heavy atom. The molecule has 34 heavy (non-hydrogen) atoms. The Hall–Kier alpha value is -3.78. The van der Waals surface area contributed by atoms with Gasteiger partial charge in [-0.2, -0.15) is 0 Å². The highest BCUT2D eigenvalue weighted by Gasteiger charge is 2.24. The SMILES string of the molecule is COc1cc(-c2cn3ccnc3c(N[C@@H]3CCN(Cc4ccccc4)C3)n2)cc(OC)c1OC. The van der Waals surface area contributed by atoms with E-state index in [2.05, 4.69) is 45.5 Å². The number of methoxy groups -OCH3 is 3. The third-order valence-electron chi connectivity index (χ3n) is 6.20. The molecule has 0 spiro atoms. The highest BCUT2D eigenvalue weighted by Crippen LogP contribution is 2.41. The molecule has 1 fully saturated rings. The number of fused-ring (bicyclic) bond motifs is 1. The van der Waals surface area contributed by atoms with Gasteiger partial charge in [0.15, 0.2) is 23.0 Å². The maximum atomic E-state index is 5.54. The minimum Gasteiger partial charge on any atom is -0.493 e. The number of imidazole rings is 1. The molecule has 0 radical (unpaired) electrons. The summed E-state index contributed by atoms with van der Waals surface area (Å²) < 4.78 is 18.5. The van der Waals surface area contributed by atoms with Crippen LogP contribution in [0, 0.1) is 0 Å². The van der Waals surface area contributed by atoms with E-state index in [0.29, 0.717) is 23.3 Å². The number of hydrogen-bond acceptors (Lipinski definition) is 7. The van der Waals surface area contributed by atoms with Crippen LogP contribution < -0.4 is 19.5 Å². The number of aromatic nitrogens is 3. The van der Waals surface area contributed by atoms with Gasteiger partial charge >= 0.3 is 0 Å². The van der Waals surface area contributed by atoms with Gasteiger partial charge in [-0.05, 0) is 24.1 Å². The summed E-state index contributed by atoms with van der Waals surface area (Å²) in [6.45, 7) is 2.96. The van der Waals surface area contributed by atoms with Crippen molar-refractivity contribution in [2.45, 2.75) is 19.0 Å². The predicted molar refractivity (Wildman–Crippen MR) is 132 cm³/mol. The zero-order valence-electron chi connectivity index (χ0n) is 19.7. The topological polar surface area (TPSA) is 73.2 Å². The number of anilines is 1. The highest BCUT2D eigenvalue weighted by molar-refractivity contribution is 5.73. The summed E-state index contributed by atoms with van der Waals surface area (Å²) in [4.78, 5) is 12.0. The molecule has 0 amide bonds. The van der Waals surface area contributed by atoms with Gasteiger partial charge in [-0.15, -0.1) is 0 Å². The lowest BCUT2D eigenvalue weighted by atomic mass is 10.1. The molecule has 0 aliphatic carbocycles. The van der Waals surface area contributed by atoms with Crippen LogP contribution in [0.3, 0.4) is 0 Å². The molecule has 5 rings (SSSR count). The van der Waals surface area contributed by atoms with E-state index < -0.39 is 0 Å². The molecule has 8 heteroatoms. The summed E-state index contributed by atoms with van der Waals surface area (Å²) in [5, 5.41) is 3.65. The number of nitrogens with one attached hydrogen (secondary N) is 1. The van der Waals surface area contributed by atoms with Gasteiger partial charge in [0.1, 0.15) is 0 Å². The molecule has 176 valence electrons. The van der Waals surface area contributed by atoms with E-state index in [1.54, 1.807) is 27.5 Å². The van der Waals surface area contributed by atoms with Crippen LogP contribution in [-0.2, 0) is 6.54 Å². The van der Waals surface area contributed by atoms with E-state index in [0.717, 1.165) is 48.8 Å². The Balaban J connectivity index is 1.42. The van der Waals surface area contributed by atoms with Crippen molar-refractivity contribution >= 4 is 11.5 Å². The van der Waals surface area contributed by atoms with Crippen molar-refractivity contribution in [2.75, 3.05) is 39.7 Å². The minimum atomic E-state index is 0.298. The molecule has 0 bridgehead atoms. The Morgan fingerprint density at radius 2 is 1.79 bits per heavy atom. The summed E-state index contributed by atoms with van der Waals surface area (Å²) in [6, 6.07) is 14.7. The summed E-state index contributed by atoms with van der Waals surface area (Å²) in [7, 11) is 4.82. The van der Waals surface area contributed by atoms with Crippen LogP contribution in [0.2, 0.25) is 0 Å². The molecule has 3 heterocycles. The summed E-state index contributed by atoms with van der Waals surface area (Å²) >= 11 is 0. The van der Waals surface area contributed by atoms with Gasteiger partial charge in [0.25, 0.3) is 0 Å². The number of rotatable bonds is 8. The van der Waals surface area contributed by atoms with Crippen LogP contribution in [0.15, 0.2) is 61.1 Å². The zero-order chi connectivity index (χ0) is 23.5. The molecule has 1 N–H and O–H groups in total. The van der Waals surface area contributed by atoms with Crippen molar-refractivity contribution in [3.8, 4) is 28.5 Å². The van der Waals surface area contributed by atoms with Crippen LogP contribution in [0.5, 0.6) is 17.2 Å². The highest BCUT2D eigenvalue weighted by atomic mass is 16.5. The van der Waals surface area contributed by atoms with Crippen LogP contribution in [-0.4, -0.2) is 59.7 Å². The molecular weight excluding hydrogens is 430 g/mol. The van der Waals surface area contributed by atoms with Crippen LogP contribution in [0.25, 0.3) is 16.9 Å². The molecule has 8 nitrogen and oxygen atoms in total. The van der Waals surface area contributed by atoms with Crippen molar-refractivity contribution < 1.29 is 14.2 Å². The summed E-state index contributed by atoms with van der Waals surface area (Å²) in [5.74, 6) is 2.50. The first-order chi connectivity index (χ1) is 16.7. The third-order valence-corrected chi connectivity index (χ3v) is 6.20. The van der Waals surface area contributed by atoms with E-state index in [1.165, 1.54) is 5.56 Å². The fourth-order valence-corrected chi connectivity index (χ4v) is 4.53. The van der Waals surface area contributed by atoms with Crippen molar-refractivity contribution in [2.24, 2.45) is 0 Å². The molecular formula is C26H29N5O3. The standard InChI is InChI=1S/C26H29N5O3/c1-32-22-13-19(14-23(33-2)24(22)34-3)21-17-31-12-10-27-26(31)25(29-21)28-20-9-11-30(16-20)15-18-7-5-4-6-8-18/h4-8,10,12-14,17,20H,9,11,15-16H2,1-3H3,(H,28,29)/t20-/m1/s1. The lowest BCUT2D eigenvalue weighted by molar-refractivity contribution is 0.324. The second-order valence-corrected chi connectivity index (χ2v) is 8.40. The fraction of sp³-hybridized carbons (Fsp3) is 0.308. The molecule has 4 aromatic rings. The second kappa shape index (κ2) is 9.61. The monoisotopic (exact) mass is 459 g/mol. The molecule has 1 saturated heterocycles.